The van der Waals surface area contributed by atoms with Gasteiger partial charge in [0.1, 0.15) is 16.5 Å². The SMILES string of the molecule is CCn1nnc2c(C)c(C(CC(=O)OC)c3ccc(C)c(CN4CC(C)Oc5ncccc5S4(O)O)c3)ccc21. The lowest BCUT2D eigenvalue weighted by molar-refractivity contribution is -0.140. The summed E-state index contributed by atoms with van der Waals surface area (Å²) in [5.41, 5.74) is 6.53. The zero-order chi connectivity index (χ0) is 28.6. The molecule has 0 spiro atoms. The first-order valence-corrected chi connectivity index (χ1v) is 14.8. The minimum atomic E-state index is -3.35. The number of esters is 1. The van der Waals surface area contributed by atoms with E-state index < -0.39 is 10.8 Å². The second kappa shape index (κ2) is 11.2. The Morgan fingerprint density at radius 2 is 2.02 bits per heavy atom. The van der Waals surface area contributed by atoms with Crippen LogP contribution in [-0.4, -0.2) is 59.1 Å². The van der Waals surface area contributed by atoms with Crippen molar-refractivity contribution in [2.24, 2.45) is 0 Å². The van der Waals surface area contributed by atoms with Crippen LogP contribution in [0.4, 0.5) is 0 Å². The van der Waals surface area contributed by atoms with Crippen LogP contribution in [0.1, 0.15) is 54.0 Å². The number of ether oxygens (including phenoxy) is 2. The standard InChI is InChI=1S/C29H35N5O5S/c1-6-34-25-12-11-23(20(4)28(25)31-32-34)24(15-27(35)38-5)21-10-9-18(2)22(14-21)17-33-16-19(3)39-29-26(40(33,36)37)8-7-13-30-29/h7-14,19,24,36-37H,6,15-17H2,1-5H3. The molecule has 5 rings (SSSR count). The van der Waals surface area contributed by atoms with Crippen LogP contribution in [0.25, 0.3) is 11.0 Å². The van der Waals surface area contributed by atoms with Gasteiger partial charge in [-0.05, 0) is 73.7 Å². The van der Waals surface area contributed by atoms with Crippen molar-refractivity contribution in [3.63, 3.8) is 0 Å². The molecule has 0 saturated heterocycles. The zero-order valence-electron chi connectivity index (χ0n) is 23.4. The summed E-state index contributed by atoms with van der Waals surface area (Å²) in [6.07, 6.45) is 1.42. The fraction of sp³-hybridized carbons (Fsp3) is 0.379. The Morgan fingerprint density at radius 1 is 1.23 bits per heavy atom. The minimum absolute atomic E-state index is 0.149. The van der Waals surface area contributed by atoms with Crippen molar-refractivity contribution in [2.45, 2.75) is 64.1 Å². The first kappa shape index (κ1) is 28.0. The van der Waals surface area contributed by atoms with Gasteiger partial charge in [0, 0.05) is 25.2 Å². The molecule has 1 aliphatic rings. The number of hydrogen-bond donors (Lipinski definition) is 2. The predicted molar refractivity (Wildman–Crippen MR) is 153 cm³/mol. The predicted octanol–water partition coefficient (Wildman–Crippen LogP) is 5.47. The number of aromatic nitrogens is 4. The first-order chi connectivity index (χ1) is 19.1. The Balaban J connectivity index is 1.55. The van der Waals surface area contributed by atoms with Gasteiger partial charge in [-0.15, -0.1) is 15.9 Å². The second-order valence-electron chi connectivity index (χ2n) is 10.1. The molecular formula is C29H35N5O5S. The van der Waals surface area contributed by atoms with Gasteiger partial charge in [-0.3, -0.25) is 13.9 Å². The summed E-state index contributed by atoms with van der Waals surface area (Å²) < 4.78 is 37.2. The van der Waals surface area contributed by atoms with Crippen molar-refractivity contribution in [3.05, 3.63) is 76.5 Å². The summed E-state index contributed by atoms with van der Waals surface area (Å²) in [5, 5.41) is 8.67. The number of methoxy groups -OCH3 is 1. The van der Waals surface area contributed by atoms with E-state index in [2.05, 4.69) is 15.3 Å². The van der Waals surface area contributed by atoms with E-state index in [-0.39, 0.29) is 41.7 Å². The average Bonchev–Trinajstić information content (AvgIpc) is 3.33. The quantitative estimate of drug-likeness (QED) is 0.281. The fourth-order valence-corrected chi connectivity index (χ4v) is 6.92. The number of carbonyl (C=O) groups excluding carboxylic acids is 1. The molecule has 212 valence electrons. The van der Waals surface area contributed by atoms with E-state index in [1.54, 1.807) is 22.6 Å². The van der Waals surface area contributed by atoms with Crippen molar-refractivity contribution >= 4 is 27.8 Å². The maximum atomic E-state index is 12.6. The molecule has 1 aliphatic heterocycles. The molecule has 10 nitrogen and oxygen atoms in total. The molecule has 2 unspecified atom stereocenters. The molecule has 2 N–H and O–H groups in total. The molecular weight excluding hydrogens is 530 g/mol. The highest BCUT2D eigenvalue weighted by molar-refractivity contribution is 8.22. The summed E-state index contributed by atoms with van der Waals surface area (Å²) in [5.74, 6) is -0.368. The van der Waals surface area contributed by atoms with Gasteiger partial charge < -0.3 is 9.47 Å². The smallest absolute Gasteiger partial charge is 0.306 e. The second-order valence-corrected chi connectivity index (χ2v) is 12.1. The highest BCUT2D eigenvalue weighted by Crippen LogP contribution is 2.56. The van der Waals surface area contributed by atoms with Crippen molar-refractivity contribution in [2.75, 3.05) is 13.7 Å². The van der Waals surface area contributed by atoms with Crippen LogP contribution < -0.4 is 4.74 Å². The molecule has 4 aromatic rings. The Morgan fingerprint density at radius 3 is 2.77 bits per heavy atom. The topological polar surface area (TPSA) is 123 Å². The van der Waals surface area contributed by atoms with Gasteiger partial charge in [0.2, 0.25) is 5.88 Å². The number of carbonyl (C=O) groups is 1. The normalized spacial score (nSPS) is 18.4. The van der Waals surface area contributed by atoms with Crippen LogP contribution in [0.3, 0.4) is 0 Å². The lowest BCUT2D eigenvalue weighted by Gasteiger charge is -2.41. The largest absolute Gasteiger partial charge is 0.472 e. The van der Waals surface area contributed by atoms with Crippen LogP contribution in [0, 0.1) is 13.8 Å². The Bertz CT molecular complexity index is 1560. The van der Waals surface area contributed by atoms with E-state index in [1.807, 2.05) is 62.7 Å². The molecule has 0 aliphatic carbocycles. The first-order valence-electron chi connectivity index (χ1n) is 13.3. The Hall–Kier alpha value is -3.51. The molecule has 40 heavy (non-hydrogen) atoms. The van der Waals surface area contributed by atoms with Gasteiger partial charge in [0.15, 0.2) is 0 Å². The summed E-state index contributed by atoms with van der Waals surface area (Å²) in [6, 6.07) is 13.4. The highest BCUT2D eigenvalue weighted by atomic mass is 32.3. The molecule has 0 radical (unpaired) electrons. The maximum absolute atomic E-state index is 12.6. The molecule has 2 aromatic heterocycles. The highest BCUT2D eigenvalue weighted by Gasteiger charge is 2.35. The summed E-state index contributed by atoms with van der Waals surface area (Å²) in [7, 11) is -1.96. The Labute approximate surface area is 235 Å². The monoisotopic (exact) mass is 565 g/mol. The molecule has 2 atom stereocenters. The van der Waals surface area contributed by atoms with Crippen molar-refractivity contribution in [1.29, 1.82) is 0 Å². The molecule has 3 heterocycles. The molecule has 11 heteroatoms. The summed E-state index contributed by atoms with van der Waals surface area (Å²) in [4.78, 5) is 17.1. The molecule has 2 aromatic carbocycles. The number of rotatable bonds is 7. The van der Waals surface area contributed by atoms with E-state index in [4.69, 9.17) is 9.47 Å². The van der Waals surface area contributed by atoms with Gasteiger partial charge in [-0.25, -0.2) is 9.67 Å². The summed E-state index contributed by atoms with van der Waals surface area (Å²) in [6.45, 7) is 9.19. The number of fused-ring (bicyclic) bond motifs is 2. The van der Waals surface area contributed by atoms with Crippen molar-refractivity contribution in [1.82, 2.24) is 24.3 Å². The van der Waals surface area contributed by atoms with Crippen molar-refractivity contribution < 1.29 is 23.4 Å². The van der Waals surface area contributed by atoms with E-state index in [9.17, 15) is 13.9 Å². The average molecular weight is 566 g/mol. The van der Waals surface area contributed by atoms with E-state index >= 15 is 0 Å². The fourth-order valence-electron chi connectivity index (χ4n) is 5.30. The lowest BCUT2D eigenvalue weighted by Crippen LogP contribution is -2.33. The Kier molecular flexibility index (Phi) is 7.83. The summed E-state index contributed by atoms with van der Waals surface area (Å²) >= 11 is 0. The molecule has 0 bridgehead atoms. The molecule has 0 fully saturated rings. The van der Waals surface area contributed by atoms with Gasteiger partial charge >= 0.3 is 5.97 Å². The number of benzene rings is 2. The van der Waals surface area contributed by atoms with Crippen LogP contribution in [0.5, 0.6) is 5.88 Å². The number of nitrogens with zero attached hydrogens (tertiary/aromatic N) is 5. The van der Waals surface area contributed by atoms with E-state index in [0.717, 1.165) is 38.9 Å². The molecule has 0 amide bonds. The zero-order valence-corrected chi connectivity index (χ0v) is 24.2. The number of aryl methyl sites for hydroxylation is 3. The minimum Gasteiger partial charge on any atom is -0.472 e. The van der Waals surface area contributed by atoms with Crippen LogP contribution in [0.15, 0.2) is 53.6 Å². The van der Waals surface area contributed by atoms with Crippen LogP contribution in [-0.2, 0) is 22.6 Å². The van der Waals surface area contributed by atoms with Gasteiger partial charge in [-0.1, -0.05) is 29.5 Å². The van der Waals surface area contributed by atoms with Crippen LogP contribution in [0.2, 0.25) is 0 Å². The van der Waals surface area contributed by atoms with Crippen LogP contribution >= 0.6 is 10.8 Å². The van der Waals surface area contributed by atoms with Gasteiger partial charge in [-0.2, -0.15) is 4.31 Å². The van der Waals surface area contributed by atoms with E-state index in [1.165, 1.54) is 7.11 Å². The number of hydrogen-bond acceptors (Lipinski definition) is 9. The third-order valence-electron chi connectivity index (χ3n) is 7.54. The van der Waals surface area contributed by atoms with Crippen molar-refractivity contribution in [3.8, 4) is 5.88 Å². The van der Waals surface area contributed by atoms with E-state index in [0.29, 0.717) is 13.1 Å². The maximum Gasteiger partial charge on any atom is 0.306 e. The lowest BCUT2D eigenvalue weighted by atomic mass is 9.84. The van der Waals surface area contributed by atoms with Gasteiger partial charge in [0.25, 0.3) is 0 Å². The third-order valence-corrected chi connectivity index (χ3v) is 9.44. The number of pyridine rings is 1. The third kappa shape index (κ3) is 5.17. The molecule has 0 saturated carbocycles. The van der Waals surface area contributed by atoms with Gasteiger partial charge in [0.05, 0.1) is 25.6 Å².